The van der Waals surface area contributed by atoms with E-state index in [1.165, 1.54) is 30.4 Å². The fourth-order valence-corrected chi connectivity index (χ4v) is 6.20. The molecule has 2 atom stereocenters. The number of fused-ring (bicyclic) bond motifs is 1. The third kappa shape index (κ3) is 4.76. The maximum absolute atomic E-state index is 8.76. The number of rotatable bonds is 8. The highest BCUT2D eigenvalue weighted by molar-refractivity contribution is 6.23. The average Bonchev–Trinajstić information content (AvgIpc) is 3.03. The minimum absolute atomic E-state index is 0.0538. The van der Waals surface area contributed by atoms with E-state index < -0.39 is 0 Å². The van der Waals surface area contributed by atoms with Gasteiger partial charge in [-0.1, -0.05) is 63.5 Å². The van der Waals surface area contributed by atoms with Crippen molar-refractivity contribution in [3.8, 4) is 0 Å². The van der Waals surface area contributed by atoms with Crippen LogP contribution in [-0.2, 0) is 6.42 Å². The van der Waals surface area contributed by atoms with Gasteiger partial charge in [0.15, 0.2) is 0 Å². The van der Waals surface area contributed by atoms with Crippen molar-refractivity contribution in [1.82, 2.24) is 0 Å². The standard InChI is InChI=1S/C30H40N4/c1-4-17-30(19-23-12-8-9-13-24(23)28(30)32)18-16-21(3)27-20(2)14-15-25(29(33)34-27)26(31)22-10-6-5-7-11-22/h8-9,12-14,22,28,31H,3-7,10-11,16-19,32H2,1-2H3,(H2,33,34)/t28-,30?/m1/s1. The Bertz CT molecular complexity index is 1090. The molecule has 4 rings (SSSR count). The van der Waals surface area contributed by atoms with Crippen LogP contribution in [0.15, 0.2) is 70.1 Å². The van der Waals surface area contributed by atoms with E-state index in [1.54, 1.807) is 0 Å². The number of hydrogen-bond acceptors (Lipinski definition) is 4. The lowest BCUT2D eigenvalue weighted by molar-refractivity contribution is 0.203. The van der Waals surface area contributed by atoms with E-state index in [0.717, 1.165) is 61.8 Å². The quantitative estimate of drug-likeness (QED) is 0.300. The van der Waals surface area contributed by atoms with Crippen molar-refractivity contribution in [2.45, 2.75) is 84.1 Å². The maximum Gasteiger partial charge on any atom is 0.141 e. The minimum atomic E-state index is 0.0538. The zero-order chi connectivity index (χ0) is 24.3. The number of hydrogen-bond donors (Lipinski definition) is 3. The predicted octanol–water partition coefficient (Wildman–Crippen LogP) is 6.69. The fourth-order valence-electron chi connectivity index (χ4n) is 6.20. The van der Waals surface area contributed by atoms with Gasteiger partial charge in [0.2, 0.25) is 0 Å². The van der Waals surface area contributed by atoms with Gasteiger partial charge in [-0.2, -0.15) is 0 Å². The second-order valence-corrected chi connectivity index (χ2v) is 10.5. The molecule has 0 spiro atoms. The lowest BCUT2D eigenvalue weighted by Gasteiger charge is -2.34. The Hall–Kier alpha value is -2.68. The lowest BCUT2D eigenvalue weighted by atomic mass is 9.73. The van der Waals surface area contributed by atoms with Crippen molar-refractivity contribution in [3.63, 3.8) is 0 Å². The fraction of sp³-hybridized carbons (Fsp3) is 0.500. The van der Waals surface area contributed by atoms with Crippen LogP contribution in [0.4, 0.5) is 0 Å². The summed E-state index contributed by atoms with van der Waals surface area (Å²) in [5.41, 5.74) is 23.4. The van der Waals surface area contributed by atoms with E-state index in [-0.39, 0.29) is 17.4 Å². The number of nitrogens with zero attached hydrogens (tertiary/aromatic N) is 1. The summed E-state index contributed by atoms with van der Waals surface area (Å²) in [4.78, 5) is 4.80. The molecule has 0 saturated heterocycles. The maximum atomic E-state index is 8.76. The van der Waals surface area contributed by atoms with Gasteiger partial charge < -0.3 is 16.9 Å². The van der Waals surface area contributed by atoms with E-state index in [1.807, 2.05) is 13.0 Å². The average molecular weight is 457 g/mol. The van der Waals surface area contributed by atoms with E-state index in [9.17, 15) is 0 Å². The number of aliphatic imine (C=N–C) groups is 1. The van der Waals surface area contributed by atoms with E-state index >= 15 is 0 Å². The summed E-state index contributed by atoms with van der Waals surface area (Å²) >= 11 is 0. The molecule has 0 bridgehead atoms. The minimum Gasteiger partial charge on any atom is -0.383 e. The highest BCUT2D eigenvalue weighted by Gasteiger charge is 2.43. The molecule has 0 amide bonds. The smallest absolute Gasteiger partial charge is 0.141 e. The van der Waals surface area contributed by atoms with E-state index in [4.69, 9.17) is 21.9 Å². The first-order valence-corrected chi connectivity index (χ1v) is 13.0. The summed E-state index contributed by atoms with van der Waals surface area (Å²) < 4.78 is 0. The number of benzene rings is 1. The molecule has 1 aliphatic heterocycles. The Morgan fingerprint density at radius 1 is 1.21 bits per heavy atom. The molecule has 1 aromatic carbocycles. The van der Waals surface area contributed by atoms with Gasteiger partial charge in [-0.25, -0.2) is 4.99 Å². The molecule has 2 aliphatic carbocycles. The van der Waals surface area contributed by atoms with Gasteiger partial charge in [0, 0.05) is 12.0 Å². The highest BCUT2D eigenvalue weighted by Crippen LogP contribution is 2.51. The molecular formula is C30H40N4. The largest absolute Gasteiger partial charge is 0.383 e. The van der Waals surface area contributed by atoms with Gasteiger partial charge in [0.05, 0.1) is 17.0 Å². The number of amidine groups is 1. The van der Waals surface area contributed by atoms with Gasteiger partial charge in [-0.3, -0.25) is 0 Å². The van der Waals surface area contributed by atoms with Gasteiger partial charge in [0.1, 0.15) is 5.84 Å². The second kappa shape index (κ2) is 10.3. The molecule has 1 aromatic rings. The molecule has 3 aliphatic rings. The molecule has 0 radical (unpaired) electrons. The normalized spacial score (nSPS) is 25.0. The zero-order valence-electron chi connectivity index (χ0n) is 20.9. The molecule has 1 heterocycles. The summed E-state index contributed by atoms with van der Waals surface area (Å²) in [5, 5.41) is 8.76. The van der Waals surface area contributed by atoms with Crippen molar-refractivity contribution >= 4 is 11.5 Å². The SMILES string of the molecule is C=C(CCC1(CCC)Cc2ccccc2[C@H]1N)C1=C(C)C=C=C(C(=N)C2CCCCC2)C(N)=N1. The molecule has 34 heavy (non-hydrogen) atoms. The van der Waals surface area contributed by atoms with Gasteiger partial charge in [-0.15, -0.1) is 5.73 Å². The van der Waals surface area contributed by atoms with Crippen molar-refractivity contribution in [2.24, 2.45) is 27.8 Å². The molecule has 4 heteroatoms. The topological polar surface area (TPSA) is 88.2 Å². The van der Waals surface area contributed by atoms with E-state index in [2.05, 4.69) is 43.5 Å². The molecular weight excluding hydrogens is 416 g/mol. The van der Waals surface area contributed by atoms with Crippen LogP contribution in [0.1, 0.15) is 88.8 Å². The zero-order valence-corrected chi connectivity index (χ0v) is 20.9. The molecule has 4 nitrogen and oxygen atoms in total. The van der Waals surface area contributed by atoms with Crippen LogP contribution in [0.5, 0.6) is 0 Å². The number of nitrogens with one attached hydrogen (secondary N) is 1. The Morgan fingerprint density at radius 3 is 2.65 bits per heavy atom. The lowest BCUT2D eigenvalue weighted by Crippen LogP contribution is -2.31. The monoisotopic (exact) mass is 456 g/mol. The summed E-state index contributed by atoms with van der Waals surface area (Å²) in [5.74, 6) is 0.663. The highest BCUT2D eigenvalue weighted by atomic mass is 14.9. The Kier molecular flexibility index (Phi) is 7.40. The predicted molar refractivity (Wildman–Crippen MR) is 143 cm³/mol. The van der Waals surface area contributed by atoms with Crippen LogP contribution in [0.2, 0.25) is 0 Å². The molecule has 180 valence electrons. The van der Waals surface area contributed by atoms with Crippen molar-refractivity contribution in [2.75, 3.05) is 0 Å². The van der Waals surface area contributed by atoms with Crippen LogP contribution >= 0.6 is 0 Å². The van der Waals surface area contributed by atoms with Gasteiger partial charge >= 0.3 is 0 Å². The summed E-state index contributed by atoms with van der Waals surface area (Å²) in [6, 6.07) is 8.68. The molecule has 1 fully saturated rings. The Balaban J connectivity index is 1.49. The Labute approximate surface area is 205 Å². The van der Waals surface area contributed by atoms with Crippen LogP contribution < -0.4 is 11.5 Å². The van der Waals surface area contributed by atoms with Crippen LogP contribution in [0.3, 0.4) is 0 Å². The number of nitrogens with two attached hydrogens (primary N) is 2. The van der Waals surface area contributed by atoms with Gasteiger partial charge in [0.25, 0.3) is 0 Å². The van der Waals surface area contributed by atoms with Crippen LogP contribution in [0, 0.1) is 16.7 Å². The first kappa shape index (κ1) is 24.4. The van der Waals surface area contributed by atoms with Gasteiger partial charge in [-0.05, 0) is 79.2 Å². The third-order valence-electron chi connectivity index (χ3n) is 8.18. The summed E-state index contributed by atoms with van der Waals surface area (Å²) in [6.45, 7) is 8.70. The summed E-state index contributed by atoms with van der Waals surface area (Å²) in [6.07, 6.45) is 12.7. The third-order valence-corrected chi connectivity index (χ3v) is 8.18. The summed E-state index contributed by atoms with van der Waals surface area (Å²) in [7, 11) is 0. The van der Waals surface area contributed by atoms with E-state index in [0.29, 0.717) is 17.1 Å². The second-order valence-electron chi connectivity index (χ2n) is 10.5. The molecule has 1 saturated carbocycles. The molecule has 5 N–H and O–H groups in total. The van der Waals surface area contributed by atoms with Crippen molar-refractivity contribution in [3.05, 3.63) is 76.2 Å². The molecule has 0 aromatic heterocycles. The first-order chi connectivity index (χ1) is 16.4. The van der Waals surface area contributed by atoms with Crippen molar-refractivity contribution < 1.29 is 0 Å². The van der Waals surface area contributed by atoms with Crippen LogP contribution in [0.25, 0.3) is 0 Å². The van der Waals surface area contributed by atoms with Crippen molar-refractivity contribution in [1.29, 1.82) is 5.41 Å². The Morgan fingerprint density at radius 2 is 1.94 bits per heavy atom. The molecule has 1 unspecified atom stereocenters. The van der Waals surface area contributed by atoms with Crippen LogP contribution in [-0.4, -0.2) is 11.5 Å². The number of allylic oxidation sites excluding steroid dienone is 2. The first-order valence-electron chi connectivity index (χ1n) is 13.0.